The summed E-state index contributed by atoms with van der Waals surface area (Å²) in [7, 11) is 1.51. The lowest BCUT2D eigenvalue weighted by Crippen LogP contribution is -2.31. The molecule has 0 N–H and O–H groups in total. The van der Waals surface area contributed by atoms with Crippen LogP contribution in [0.5, 0.6) is 5.75 Å². The maximum absolute atomic E-state index is 12.4. The number of hydrogen-bond acceptors (Lipinski definition) is 5. The lowest BCUT2D eigenvalue weighted by atomic mass is 10.2. The topological polar surface area (TPSA) is 55.8 Å². The van der Waals surface area contributed by atoms with Crippen molar-refractivity contribution in [2.24, 2.45) is 0 Å². The summed E-state index contributed by atoms with van der Waals surface area (Å²) >= 11 is 19.4. The van der Waals surface area contributed by atoms with E-state index in [9.17, 15) is 9.59 Å². The molecule has 0 unspecified atom stereocenters. The van der Waals surface area contributed by atoms with E-state index >= 15 is 0 Å². The summed E-state index contributed by atoms with van der Waals surface area (Å²) in [5.74, 6) is -0.0269. The zero-order chi connectivity index (χ0) is 21.0. The molecule has 9 heteroatoms. The summed E-state index contributed by atoms with van der Waals surface area (Å²) in [4.78, 5) is 25.9. The normalized spacial score (nSPS) is 15.4. The summed E-state index contributed by atoms with van der Waals surface area (Å²) < 4.78 is 10.7. The summed E-state index contributed by atoms with van der Waals surface area (Å²) in [6.07, 6.45) is 1.58. The van der Waals surface area contributed by atoms with E-state index in [4.69, 9.17) is 44.3 Å². The van der Waals surface area contributed by atoms with Crippen LogP contribution in [0.3, 0.4) is 0 Å². The largest absolute Gasteiger partial charge is 0.486 e. The first kappa shape index (κ1) is 22.0. The number of carbonyl (C=O) groups excluding carboxylic acids is 2. The van der Waals surface area contributed by atoms with Crippen LogP contribution in [0.2, 0.25) is 15.1 Å². The first-order chi connectivity index (χ1) is 13.9. The molecule has 152 valence electrons. The third-order valence-electron chi connectivity index (χ3n) is 4.01. The van der Waals surface area contributed by atoms with Crippen molar-refractivity contribution in [2.45, 2.75) is 6.61 Å². The average Bonchev–Trinajstić information content (AvgIpc) is 2.94. The highest BCUT2D eigenvalue weighted by atomic mass is 35.5. The van der Waals surface area contributed by atoms with Crippen molar-refractivity contribution in [2.75, 3.05) is 20.3 Å². The van der Waals surface area contributed by atoms with Gasteiger partial charge in [-0.05, 0) is 53.2 Å². The molecule has 3 rings (SSSR count). The van der Waals surface area contributed by atoms with Crippen molar-refractivity contribution >= 4 is 63.8 Å². The Balaban J connectivity index is 1.75. The van der Waals surface area contributed by atoms with Crippen LogP contribution in [0.4, 0.5) is 4.79 Å². The quantitative estimate of drug-likeness (QED) is 0.469. The minimum atomic E-state index is -0.368. The average molecular weight is 473 g/mol. The molecule has 5 nitrogen and oxygen atoms in total. The number of carbonyl (C=O) groups is 2. The van der Waals surface area contributed by atoms with Crippen molar-refractivity contribution in [3.63, 3.8) is 0 Å². The molecule has 0 atom stereocenters. The predicted octanol–water partition coefficient (Wildman–Crippen LogP) is 5.91. The molecule has 0 bridgehead atoms. The van der Waals surface area contributed by atoms with Gasteiger partial charge in [0.1, 0.15) is 6.61 Å². The highest BCUT2D eigenvalue weighted by molar-refractivity contribution is 8.18. The number of hydrogen-bond donors (Lipinski definition) is 0. The molecule has 0 spiro atoms. The third-order valence-corrected chi connectivity index (χ3v) is 5.73. The minimum absolute atomic E-state index is 0.206. The van der Waals surface area contributed by atoms with Gasteiger partial charge in [-0.3, -0.25) is 14.5 Å². The third kappa shape index (κ3) is 5.47. The molecule has 1 aliphatic heterocycles. The van der Waals surface area contributed by atoms with Gasteiger partial charge in [0.25, 0.3) is 11.1 Å². The Morgan fingerprint density at radius 2 is 1.72 bits per heavy atom. The van der Waals surface area contributed by atoms with E-state index in [1.54, 1.807) is 30.3 Å². The van der Waals surface area contributed by atoms with Crippen LogP contribution in [-0.2, 0) is 16.1 Å². The van der Waals surface area contributed by atoms with Crippen LogP contribution >= 0.6 is 46.6 Å². The van der Waals surface area contributed by atoms with Gasteiger partial charge in [0.05, 0.1) is 28.1 Å². The maximum Gasteiger partial charge on any atom is 0.293 e. The van der Waals surface area contributed by atoms with Gasteiger partial charge in [0.2, 0.25) is 0 Å². The predicted molar refractivity (Wildman–Crippen MR) is 117 cm³/mol. The smallest absolute Gasteiger partial charge is 0.293 e. The van der Waals surface area contributed by atoms with E-state index in [1.165, 1.54) is 7.11 Å². The van der Waals surface area contributed by atoms with Gasteiger partial charge in [-0.1, -0.05) is 46.9 Å². The minimum Gasteiger partial charge on any atom is -0.486 e. The SMILES string of the molecule is COCCN1C(=O)S/C(=C/c2cc(Cl)c(OCc3ccc(Cl)cc3)c(Cl)c2)C1=O. The Bertz CT molecular complexity index is 940. The lowest BCUT2D eigenvalue weighted by Gasteiger charge is -2.12. The number of nitrogens with zero attached hydrogens (tertiary/aromatic N) is 1. The van der Waals surface area contributed by atoms with Gasteiger partial charge in [0, 0.05) is 12.1 Å². The molecule has 0 saturated carbocycles. The van der Waals surface area contributed by atoms with Crippen LogP contribution in [0.25, 0.3) is 6.08 Å². The molecule has 1 heterocycles. The number of benzene rings is 2. The van der Waals surface area contributed by atoms with Gasteiger partial charge in [-0.25, -0.2) is 0 Å². The molecule has 2 amide bonds. The zero-order valence-corrected chi connectivity index (χ0v) is 18.4. The van der Waals surface area contributed by atoms with E-state index in [-0.39, 0.29) is 30.9 Å². The molecular formula is C20H16Cl3NO4S. The Morgan fingerprint density at radius 3 is 2.34 bits per heavy atom. The zero-order valence-electron chi connectivity index (χ0n) is 15.3. The van der Waals surface area contributed by atoms with E-state index in [2.05, 4.69) is 0 Å². The van der Waals surface area contributed by atoms with Crippen molar-refractivity contribution in [1.29, 1.82) is 0 Å². The van der Waals surface area contributed by atoms with Gasteiger partial charge < -0.3 is 9.47 Å². The summed E-state index contributed by atoms with van der Waals surface area (Å²) in [6, 6.07) is 10.5. The fourth-order valence-corrected chi connectivity index (χ4v) is 4.17. The van der Waals surface area contributed by atoms with Gasteiger partial charge in [-0.2, -0.15) is 0 Å². The maximum atomic E-state index is 12.4. The van der Waals surface area contributed by atoms with Crippen molar-refractivity contribution in [3.05, 3.63) is 67.5 Å². The number of imide groups is 1. The molecule has 29 heavy (non-hydrogen) atoms. The molecule has 1 aliphatic rings. The summed E-state index contributed by atoms with van der Waals surface area (Å²) in [5.41, 5.74) is 1.51. The molecular weight excluding hydrogens is 457 g/mol. The molecule has 2 aromatic rings. The number of methoxy groups -OCH3 is 1. The van der Waals surface area contributed by atoms with Gasteiger partial charge >= 0.3 is 0 Å². The second-order valence-electron chi connectivity index (χ2n) is 6.05. The molecule has 1 saturated heterocycles. The van der Waals surface area contributed by atoms with Crippen LogP contribution in [0.15, 0.2) is 41.3 Å². The second-order valence-corrected chi connectivity index (χ2v) is 8.30. The van der Waals surface area contributed by atoms with E-state index in [1.807, 2.05) is 12.1 Å². The molecule has 0 aromatic heterocycles. The second kappa shape index (κ2) is 9.87. The number of amides is 2. The number of halogens is 3. The summed E-state index contributed by atoms with van der Waals surface area (Å²) in [6.45, 7) is 0.758. The number of rotatable bonds is 7. The van der Waals surface area contributed by atoms with Crippen LogP contribution < -0.4 is 4.74 Å². The van der Waals surface area contributed by atoms with E-state index in [0.717, 1.165) is 22.2 Å². The van der Waals surface area contributed by atoms with Crippen molar-refractivity contribution in [1.82, 2.24) is 4.90 Å². The van der Waals surface area contributed by atoms with Crippen molar-refractivity contribution < 1.29 is 19.1 Å². The number of thioether (sulfide) groups is 1. The number of ether oxygens (including phenoxy) is 2. The highest BCUT2D eigenvalue weighted by Crippen LogP contribution is 2.37. The highest BCUT2D eigenvalue weighted by Gasteiger charge is 2.34. The Morgan fingerprint density at radius 1 is 1.07 bits per heavy atom. The molecule has 0 aliphatic carbocycles. The van der Waals surface area contributed by atoms with Crippen LogP contribution in [0.1, 0.15) is 11.1 Å². The molecule has 1 fully saturated rings. The van der Waals surface area contributed by atoms with Crippen LogP contribution in [-0.4, -0.2) is 36.3 Å². The Kier molecular flexibility index (Phi) is 7.49. The monoisotopic (exact) mass is 471 g/mol. The van der Waals surface area contributed by atoms with Gasteiger partial charge in [-0.15, -0.1) is 0 Å². The summed E-state index contributed by atoms with van der Waals surface area (Å²) in [5, 5.41) is 0.909. The first-order valence-corrected chi connectivity index (χ1v) is 10.4. The fourth-order valence-electron chi connectivity index (χ4n) is 2.56. The molecule has 0 radical (unpaired) electrons. The standard InChI is InChI=1S/C20H16Cl3NO4S/c1-27-7-6-24-19(25)17(29-20(24)26)10-13-8-15(22)18(16(23)9-13)28-11-12-2-4-14(21)5-3-12/h2-5,8-10H,6-7,11H2,1H3/b17-10+. The Labute approximate surface area is 187 Å². The van der Waals surface area contributed by atoms with Crippen LogP contribution in [0, 0.1) is 0 Å². The van der Waals surface area contributed by atoms with E-state index in [0.29, 0.717) is 31.3 Å². The fraction of sp³-hybridized carbons (Fsp3) is 0.200. The van der Waals surface area contributed by atoms with E-state index < -0.39 is 0 Å². The molecule has 2 aromatic carbocycles. The van der Waals surface area contributed by atoms with Crippen molar-refractivity contribution in [3.8, 4) is 5.75 Å². The lowest BCUT2D eigenvalue weighted by molar-refractivity contribution is -0.123. The first-order valence-electron chi connectivity index (χ1n) is 8.49. The van der Waals surface area contributed by atoms with Gasteiger partial charge in [0.15, 0.2) is 5.75 Å². The Hall–Kier alpha value is -1.70.